The van der Waals surface area contributed by atoms with E-state index in [2.05, 4.69) is 49.1 Å². The lowest BCUT2D eigenvalue weighted by molar-refractivity contribution is 0.478. The fourth-order valence-corrected chi connectivity index (χ4v) is 2.32. The van der Waals surface area contributed by atoms with Crippen molar-refractivity contribution in [1.82, 2.24) is 0 Å². The molecule has 0 amide bonds. The van der Waals surface area contributed by atoms with Crippen molar-refractivity contribution in [2.24, 2.45) is 11.7 Å². The highest BCUT2D eigenvalue weighted by Gasteiger charge is 2.12. The van der Waals surface area contributed by atoms with Crippen molar-refractivity contribution in [3.05, 3.63) is 30.3 Å². The molecule has 0 bridgehead atoms. The lowest BCUT2D eigenvalue weighted by atomic mass is 10.0. The Labute approximate surface area is 112 Å². The van der Waals surface area contributed by atoms with Crippen LogP contribution in [0.15, 0.2) is 30.3 Å². The van der Waals surface area contributed by atoms with Gasteiger partial charge in [-0.3, -0.25) is 0 Å². The van der Waals surface area contributed by atoms with Gasteiger partial charge in [0.1, 0.15) is 0 Å². The highest BCUT2D eigenvalue weighted by atomic mass is 15.1. The quantitative estimate of drug-likeness (QED) is 0.722. The molecule has 18 heavy (non-hydrogen) atoms. The molecule has 1 atom stereocenters. The molecule has 1 unspecified atom stereocenters. The third-order valence-electron chi connectivity index (χ3n) is 3.41. The number of para-hydroxylation sites is 1. The van der Waals surface area contributed by atoms with Crippen molar-refractivity contribution >= 4 is 5.69 Å². The molecule has 0 aliphatic rings. The van der Waals surface area contributed by atoms with Crippen molar-refractivity contribution in [2.75, 3.05) is 24.5 Å². The van der Waals surface area contributed by atoms with Gasteiger partial charge in [-0.1, -0.05) is 44.9 Å². The van der Waals surface area contributed by atoms with Crippen LogP contribution in [0.3, 0.4) is 0 Å². The normalized spacial score (nSPS) is 12.4. The molecule has 2 N–H and O–H groups in total. The molecule has 0 aliphatic carbocycles. The second-order valence-corrected chi connectivity index (χ2v) is 5.03. The monoisotopic (exact) mass is 248 g/mol. The van der Waals surface area contributed by atoms with Crippen LogP contribution in [-0.2, 0) is 0 Å². The lowest BCUT2D eigenvalue weighted by Gasteiger charge is -2.29. The number of hydrogen-bond donors (Lipinski definition) is 1. The minimum atomic E-state index is 0.618. The van der Waals surface area contributed by atoms with Gasteiger partial charge in [0, 0.05) is 18.8 Å². The Morgan fingerprint density at radius 3 is 2.39 bits per heavy atom. The summed E-state index contributed by atoms with van der Waals surface area (Å²) in [7, 11) is 0. The van der Waals surface area contributed by atoms with E-state index in [1.165, 1.54) is 31.4 Å². The molecule has 0 radical (unpaired) electrons. The Kier molecular flexibility index (Phi) is 7.51. The van der Waals surface area contributed by atoms with E-state index in [0.717, 1.165) is 19.6 Å². The fourth-order valence-electron chi connectivity index (χ4n) is 2.32. The van der Waals surface area contributed by atoms with Gasteiger partial charge in [0.2, 0.25) is 0 Å². The van der Waals surface area contributed by atoms with Crippen LogP contribution in [0, 0.1) is 5.92 Å². The Balaban J connectivity index is 2.65. The van der Waals surface area contributed by atoms with Gasteiger partial charge in [-0.2, -0.15) is 0 Å². The van der Waals surface area contributed by atoms with E-state index in [1.54, 1.807) is 0 Å². The summed E-state index contributed by atoms with van der Waals surface area (Å²) >= 11 is 0. The van der Waals surface area contributed by atoms with Crippen LogP contribution >= 0.6 is 0 Å². The van der Waals surface area contributed by atoms with Gasteiger partial charge < -0.3 is 10.6 Å². The van der Waals surface area contributed by atoms with E-state index in [9.17, 15) is 0 Å². The smallest absolute Gasteiger partial charge is 0.0366 e. The van der Waals surface area contributed by atoms with E-state index in [1.807, 2.05) is 0 Å². The Morgan fingerprint density at radius 2 is 1.83 bits per heavy atom. The molecule has 1 aromatic rings. The van der Waals surface area contributed by atoms with Crippen molar-refractivity contribution < 1.29 is 0 Å². The number of anilines is 1. The van der Waals surface area contributed by atoms with Crippen molar-refractivity contribution in [3.63, 3.8) is 0 Å². The molecule has 0 aromatic heterocycles. The van der Waals surface area contributed by atoms with E-state index in [-0.39, 0.29) is 0 Å². The SMILES string of the molecule is CCCCN(CC(CN)CCC)c1ccccc1. The van der Waals surface area contributed by atoms with Crippen LogP contribution in [0.5, 0.6) is 0 Å². The van der Waals surface area contributed by atoms with Gasteiger partial charge in [0.15, 0.2) is 0 Å². The number of unbranched alkanes of at least 4 members (excludes halogenated alkanes) is 1. The minimum Gasteiger partial charge on any atom is -0.371 e. The average Bonchev–Trinajstić information content (AvgIpc) is 2.43. The third-order valence-corrected chi connectivity index (χ3v) is 3.41. The van der Waals surface area contributed by atoms with Crippen LogP contribution in [0.25, 0.3) is 0 Å². The van der Waals surface area contributed by atoms with Gasteiger partial charge in [-0.25, -0.2) is 0 Å². The van der Waals surface area contributed by atoms with Crippen LogP contribution in [0.4, 0.5) is 5.69 Å². The number of hydrogen-bond acceptors (Lipinski definition) is 2. The van der Waals surface area contributed by atoms with Gasteiger partial charge in [0.05, 0.1) is 0 Å². The summed E-state index contributed by atoms with van der Waals surface area (Å²) in [6.45, 7) is 7.51. The van der Waals surface area contributed by atoms with E-state index in [4.69, 9.17) is 5.73 Å². The molecule has 0 saturated heterocycles. The zero-order valence-electron chi connectivity index (χ0n) is 11.9. The first-order valence-corrected chi connectivity index (χ1v) is 7.31. The zero-order chi connectivity index (χ0) is 13.2. The fraction of sp³-hybridized carbons (Fsp3) is 0.625. The second kappa shape index (κ2) is 8.98. The molecule has 2 nitrogen and oxygen atoms in total. The van der Waals surface area contributed by atoms with Crippen LogP contribution in [-0.4, -0.2) is 19.6 Å². The standard InChI is InChI=1S/C16H28N2/c1-3-5-12-18(14-15(13-17)9-4-2)16-10-7-6-8-11-16/h6-8,10-11,15H,3-5,9,12-14,17H2,1-2H3. The molecular weight excluding hydrogens is 220 g/mol. The summed E-state index contributed by atoms with van der Waals surface area (Å²) in [4.78, 5) is 2.50. The van der Waals surface area contributed by atoms with Gasteiger partial charge in [-0.05, 0) is 37.4 Å². The summed E-state index contributed by atoms with van der Waals surface area (Å²) in [6, 6.07) is 10.7. The molecular formula is C16H28N2. The topological polar surface area (TPSA) is 29.3 Å². The predicted octanol–water partition coefficient (Wildman–Crippen LogP) is 3.67. The van der Waals surface area contributed by atoms with E-state index < -0.39 is 0 Å². The highest BCUT2D eigenvalue weighted by Crippen LogP contribution is 2.17. The first-order valence-electron chi connectivity index (χ1n) is 7.31. The first kappa shape index (κ1) is 15.0. The maximum absolute atomic E-state index is 5.89. The maximum Gasteiger partial charge on any atom is 0.0366 e. The zero-order valence-corrected chi connectivity index (χ0v) is 11.9. The van der Waals surface area contributed by atoms with Crippen LogP contribution < -0.4 is 10.6 Å². The van der Waals surface area contributed by atoms with Crippen molar-refractivity contribution in [2.45, 2.75) is 39.5 Å². The summed E-state index contributed by atoms with van der Waals surface area (Å²) in [5, 5.41) is 0. The summed E-state index contributed by atoms with van der Waals surface area (Å²) < 4.78 is 0. The van der Waals surface area contributed by atoms with E-state index >= 15 is 0 Å². The van der Waals surface area contributed by atoms with Crippen molar-refractivity contribution in [1.29, 1.82) is 0 Å². The second-order valence-electron chi connectivity index (χ2n) is 5.03. The molecule has 0 aliphatic heterocycles. The Morgan fingerprint density at radius 1 is 1.11 bits per heavy atom. The molecule has 0 fully saturated rings. The van der Waals surface area contributed by atoms with Gasteiger partial charge in [-0.15, -0.1) is 0 Å². The molecule has 1 rings (SSSR count). The molecule has 0 heterocycles. The maximum atomic E-state index is 5.89. The van der Waals surface area contributed by atoms with E-state index in [0.29, 0.717) is 5.92 Å². The third kappa shape index (κ3) is 5.09. The average molecular weight is 248 g/mol. The molecule has 1 aromatic carbocycles. The van der Waals surface area contributed by atoms with Crippen LogP contribution in [0.1, 0.15) is 39.5 Å². The molecule has 2 heteroatoms. The first-order chi connectivity index (χ1) is 8.81. The summed E-state index contributed by atoms with van der Waals surface area (Å²) in [5.41, 5.74) is 7.22. The summed E-state index contributed by atoms with van der Waals surface area (Å²) in [5.74, 6) is 0.618. The number of nitrogens with zero attached hydrogens (tertiary/aromatic N) is 1. The highest BCUT2D eigenvalue weighted by molar-refractivity contribution is 5.45. The Bertz CT molecular complexity index is 297. The largest absolute Gasteiger partial charge is 0.371 e. The Hall–Kier alpha value is -1.02. The molecule has 102 valence electrons. The number of rotatable bonds is 9. The number of benzene rings is 1. The van der Waals surface area contributed by atoms with Gasteiger partial charge >= 0.3 is 0 Å². The summed E-state index contributed by atoms with van der Waals surface area (Å²) in [6.07, 6.45) is 4.94. The lowest BCUT2D eigenvalue weighted by Crippen LogP contribution is -2.33. The molecule has 0 saturated carbocycles. The van der Waals surface area contributed by atoms with Crippen molar-refractivity contribution in [3.8, 4) is 0 Å². The minimum absolute atomic E-state index is 0.618. The van der Waals surface area contributed by atoms with Crippen LogP contribution in [0.2, 0.25) is 0 Å². The number of nitrogens with two attached hydrogens (primary N) is 1. The predicted molar refractivity (Wildman–Crippen MR) is 81.0 cm³/mol. The molecule has 0 spiro atoms. The van der Waals surface area contributed by atoms with Gasteiger partial charge in [0.25, 0.3) is 0 Å².